The molecule has 8 nitrogen and oxygen atoms in total. The lowest BCUT2D eigenvalue weighted by Crippen LogP contribution is -2.14. The van der Waals surface area contributed by atoms with Crippen LogP contribution in [-0.2, 0) is 32.1 Å². The number of cyclic esters (lactones) is 1. The van der Waals surface area contributed by atoms with Crippen molar-refractivity contribution in [3.63, 3.8) is 0 Å². The molecule has 0 saturated carbocycles. The fourth-order valence-electron chi connectivity index (χ4n) is 3.45. The first-order valence-electron chi connectivity index (χ1n) is 10.3. The molecule has 0 atom stereocenters. The van der Waals surface area contributed by atoms with Crippen LogP contribution in [0, 0.1) is 6.92 Å². The van der Waals surface area contributed by atoms with Gasteiger partial charge in [0.1, 0.15) is 17.9 Å². The van der Waals surface area contributed by atoms with Crippen LogP contribution < -0.4 is 9.47 Å². The van der Waals surface area contributed by atoms with Gasteiger partial charge in [0.25, 0.3) is 0 Å². The number of fused-ring (bicyclic) bond motifs is 1. The second kappa shape index (κ2) is 11.5. The van der Waals surface area contributed by atoms with Gasteiger partial charge in [-0.15, -0.1) is 0 Å². The van der Waals surface area contributed by atoms with Crippen LogP contribution in [0.1, 0.15) is 66.1 Å². The Hall–Kier alpha value is -2.87. The molecule has 0 bridgehead atoms. The van der Waals surface area contributed by atoms with Crippen LogP contribution in [0.3, 0.4) is 0 Å². The molecular formula is C23H30O8. The first kappa shape index (κ1) is 24.4. The summed E-state index contributed by atoms with van der Waals surface area (Å²) in [7, 11) is 2.87. The molecule has 0 radical (unpaired) electrons. The van der Waals surface area contributed by atoms with Crippen LogP contribution in [-0.4, -0.2) is 43.8 Å². The Morgan fingerprint density at radius 1 is 1.10 bits per heavy atom. The highest BCUT2D eigenvalue weighted by Crippen LogP contribution is 2.43. The summed E-state index contributed by atoms with van der Waals surface area (Å²) < 4.78 is 21.1. The zero-order valence-electron chi connectivity index (χ0n) is 18.5. The maximum absolute atomic E-state index is 12.4. The SMILES string of the molecule is COC(=O)CC/C(C)=C/Cc1c(OC)c(C)c2c(c1OC(=O)CCCCO)C(=O)OC2. The average molecular weight is 434 g/mol. The highest BCUT2D eigenvalue weighted by Gasteiger charge is 2.34. The van der Waals surface area contributed by atoms with Crippen LogP contribution >= 0.6 is 0 Å². The molecule has 170 valence electrons. The van der Waals surface area contributed by atoms with E-state index in [1.807, 2.05) is 19.9 Å². The van der Waals surface area contributed by atoms with Crippen molar-refractivity contribution in [2.75, 3.05) is 20.8 Å². The monoisotopic (exact) mass is 434 g/mol. The van der Waals surface area contributed by atoms with Gasteiger partial charge in [-0.05, 0) is 45.1 Å². The summed E-state index contributed by atoms with van der Waals surface area (Å²) in [6.07, 6.45) is 4.13. The molecule has 1 N–H and O–H groups in total. The minimum absolute atomic E-state index is 0.00570. The Morgan fingerprint density at radius 3 is 2.48 bits per heavy atom. The molecule has 2 rings (SSSR count). The molecule has 0 aliphatic carbocycles. The number of methoxy groups -OCH3 is 2. The number of hydrogen-bond donors (Lipinski definition) is 1. The van der Waals surface area contributed by atoms with Gasteiger partial charge >= 0.3 is 17.9 Å². The fraction of sp³-hybridized carbons (Fsp3) is 0.522. The van der Waals surface area contributed by atoms with Gasteiger partial charge in [-0.1, -0.05) is 11.6 Å². The predicted octanol–water partition coefficient (Wildman–Crippen LogP) is 3.18. The van der Waals surface area contributed by atoms with Crippen molar-refractivity contribution in [1.29, 1.82) is 0 Å². The number of carbonyl (C=O) groups excluding carboxylic acids is 3. The van der Waals surface area contributed by atoms with Crippen molar-refractivity contribution < 1.29 is 38.4 Å². The summed E-state index contributed by atoms with van der Waals surface area (Å²) in [6.45, 7) is 3.82. The van der Waals surface area contributed by atoms with E-state index >= 15 is 0 Å². The standard InChI is InChI=1S/C23H30O8/c1-14(9-11-18(25)28-3)8-10-16-21(29-4)15(2)17-13-30-23(27)20(17)22(16)31-19(26)7-5-6-12-24/h8,24H,5-7,9-13H2,1-4H3/b14-8+. The van der Waals surface area contributed by atoms with E-state index in [0.29, 0.717) is 42.6 Å². The molecule has 1 aromatic rings. The number of rotatable bonds is 11. The van der Waals surface area contributed by atoms with Gasteiger partial charge in [0.15, 0.2) is 5.75 Å². The Labute approximate surface area is 182 Å². The number of benzene rings is 1. The summed E-state index contributed by atoms with van der Waals surface area (Å²) in [5.41, 5.74) is 3.19. The first-order chi connectivity index (χ1) is 14.8. The van der Waals surface area contributed by atoms with Crippen LogP contribution in [0.5, 0.6) is 11.5 Å². The van der Waals surface area contributed by atoms with Gasteiger partial charge in [0, 0.05) is 30.6 Å². The molecule has 1 aliphatic heterocycles. The van der Waals surface area contributed by atoms with Crippen LogP contribution in [0.4, 0.5) is 0 Å². The van der Waals surface area contributed by atoms with E-state index in [-0.39, 0.29) is 43.3 Å². The average Bonchev–Trinajstić information content (AvgIpc) is 3.14. The zero-order chi connectivity index (χ0) is 23.0. The van der Waals surface area contributed by atoms with E-state index in [1.165, 1.54) is 14.2 Å². The topological polar surface area (TPSA) is 108 Å². The Kier molecular flexibility index (Phi) is 9.05. The number of esters is 3. The van der Waals surface area contributed by atoms with E-state index in [2.05, 4.69) is 4.74 Å². The molecule has 0 amide bonds. The summed E-state index contributed by atoms with van der Waals surface area (Å²) in [4.78, 5) is 36.2. The highest BCUT2D eigenvalue weighted by molar-refractivity contribution is 5.99. The second-order valence-corrected chi connectivity index (χ2v) is 7.38. The van der Waals surface area contributed by atoms with Gasteiger partial charge in [-0.2, -0.15) is 0 Å². The summed E-state index contributed by atoms with van der Waals surface area (Å²) in [6, 6.07) is 0. The van der Waals surface area contributed by atoms with E-state index in [0.717, 1.165) is 11.1 Å². The number of allylic oxidation sites excluding steroid dienone is 2. The summed E-state index contributed by atoms with van der Waals surface area (Å²) in [5, 5.41) is 8.92. The smallest absolute Gasteiger partial charge is 0.342 e. The third-order valence-electron chi connectivity index (χ3n) is 5.24. The molecule has 0 saturated heterocycles. The normalized spacial score (nSPS) is 12.9. The number of aliphatic hydroxyl groups is 1. The van der Waals surface area contributed by atoms with Crippen LogP contribution in [0.25, 0.3) is 0 Å². The minimum atomic E-state index is -0.536. The fourth-order valence-corrected chi connectivity index (χ4v) is 3.45. The molecule has 1 heterocycles. The summed E-state index contributed by atoms with van der Waals surface area (Å²) >= 11 is 0. The maximum Gasteiger partial charge on any atom is 0.342 e. The summed E-state index contributed by atoms with van der Waals surface area (Å²) in [5.74, 6) is -0.627. The third kappa shape index (κ3) is 6.07. The van der Waals surface area contributed by atoms with Gasteiger partial charge in [-0.3, -0.25) is 9.59 Å². The van der Waals surface area contributed by atoms with Crippen molar-refractivity contribution in [2.45, 2.75) is 59.0 Å². The number of hydrogen-bond acceptors (Lipinski definition) is 8. The van der Waals surface area contributed by atoms with E-state index in [1.54, 1.807) is 0 Å². The third-order valence-corrected chi connectivity index (χ3v) is 5.24. The number of ether oxygens (including phenoxy) is 4. The molecule has 31 heavy (non-hydrogen) atoms. The lowest BCUT2D eigenvalue weighted by atomic mass is 9.94. The number of aliphatic hydroxyl groups excluding tert-OH is 1. The lowest BCUT2D eigenvalue weighted by Gasteiger charge is -2.19. The largest absolute Gasteiger partial charge is 0.496 e. The Balaban J connectivity index is 2.41. The van der Waals surface area contributed by atoms with Crippen LogP contribution in [0.2, 0.25) is 0 Å². The van der Waals surface area contributed by atoms with Gasteiger partial charge in [0.05, 0.1) is 14.2 Å². The van der Waals surface area contributed by atoms with Gasteiger partial charge < -0.3 is 24.1 Å². The second-order valence-electron chi connectivity index (χ2n) is 7.38. The molecule has 1 aliphatic rings. The lowest BCUT2D eigenvalue weighted by molar-refractivity contribution is -0.140. The van der Waals surface area contributed by atoms with Crippen molar-refractivity contribution in [1.82, 2.24) is 0 Å². The van der Waals surface area contributed by atoms with E-state index in [9.17, 15) is 14.4 Å². The molecule has 1 aromatic carbocycles. The molecular weight excluding hydrogens is 404 g/mol. The quantitative estimate of drug-likeness (QED) is 0.245. The van der Waals surface area contributed by atoms with Crippen molar-refractivity contribution >= 4 is 17.9 Å². The minimum Gasteiger partial charge on any atom is -0.496 e. The van der Waals surface area contributed by atoms with Gasteiger partial charge in [-0.25, -0.2) is 4.79 Å². The molecule has 0 unspecified atom stereocenters. The molecule has 0 fully saturated rings. The molecule has 8 heteroatoms. The Bertz CT molecular complexity index is 869. The Morgan fingerprint density at radius 2 is 1.84 bits per heavy atom. The van der Waals surface area contributed by atoms with E-state index < -0.39 is 11.9 Å². The number of carbonyl (C=O) groups is 3. The van der Waals surface area contributed by atoms with Crippen molar-refractivity contribution in [3.05, 3.63) is 33.9 Å². The molecule has 0 spiro atoms. The first-order valence-corrected chi connectivity index (χ1v) is 10.3. The molecule has 0 aromatic heterocycles. The predicted molar refractivity (Wildman–Crippen MR) is 112 cm³/mol. The maximum atomic E-state index is 12.4. The van der Waals surface area contributed by atoms with Crippen molar-refractivity contribution in [3.8, 4) is 11.5 Å². The van der Waals surface area contributed by atoms with Crippen molar-refractivity contribution in [2.24, 2.45) is 0 Å². The highest BCUT2D eigenvalue weighted by atomic mass is 16.6. The van der Waals surface area contributed by atoms with Gasteiger partial charge in [0.2, 0.25) is 0 Å². The van der Waals surface area contributed by atoms with Crippen LogP contribution in [0.15, 0.2) is 11.6 Å². The zero-order valence-corrected chi connectivity index (χ0v) is 18.5. The number of unbranched alkanes of at least 4 members (excludes halogenated alkanes) is 1. The van der Waals surface area contributed by atoms with E-state index in [4.69, 9.17) is 19.3 Å².